The van der Waals surface area contributed by atoms with Gasteiger partial charge in [0.15, 0.2) is 5.82 Å². The summed E-state index contributed by atoms with van der Waals surface area (Å²) in [6.45, 7) is 5.58. The minimum absolute atomic E-state index is 0.495. The maximum atomic E-state index is 5.27. The van der Waals surface area contributed by atoms with Crippen molar-refractivity contribution < 1.29 is 4.52 Å². The van der Waals surface area contributed by atoms with Gasteiger partial charge in [-0.05, 0) is 38.1 Å². The van der Waals surface area contributed by atoms with Gasteiger partial charge in [0.25, 0.3) is 0 Å². The molecule has 96 valence electrons. The first-order chi connectivity index (χ1) is 8.11. The van der Waals surface area contributed by atoms with Crippen molar-refractivity contribution in [3.8, 4) is 0 Å². The number of nitrogens with one attached hydrogen (secondary N) is 1. The lowest BCUT2D eigenvalue weighted by Gasteiger charge is -2.32. The molecule has 0 radical (unpaired) electrons. The minimum atomic E-state index is 0.495. The van der Waals surface area contributed by atoms with Crippen molar-refractivity contribution in [2.24, 2.45) is 5.41 Å². The second-order valence-corrected chi connectivity index (χ2v) is 5.84. The highest BCUT2D eigenvalue weighted by Crippen LogP contribution is 2.41. The lowest BCUT2D eigenvalue weighted by molar-refractivity contribution is 0.218. The lowest BCUT2D eigenvalue weighted by atomic mass is 9.73. The van der Waals surface area contributed by atoms with Crippen LogP contribution in [-0.4, -0.2) is 23.7 Å². The molecule has 1 aromatic heterocycles. The van der Waals surface area contributed by atoms with Crippen LogP contribution in [-0.2, 0) is 6.42 Å². The van der Waals surface area contributed by atoms with E-state index in [2.05, 4.69) is 29.3 Å². The Bertz CT molecular complexity index is 349. The monoisotopic (exact) mass is 237 g/mol. The fourth-order valence-electron chi connectivity index (χ4n) is 2.42. The summed E-state index contributed by atoms with van der Waals surface area (Å²) in [5.74, 6) is 2.20. The number of rotatable bonds is 4. The van der Waals surface area contributed by atoms with E-state index in [1.165, 1.54) is 25.7 Å². The summed E-state index contributed by atoms with van der Waals surface area (Å²) >= 11 is 0. The average molecular weight is 237 g/mol. The van der Waals surface area contributed by atoms with Crippen LogP contribution in [0, 0.1) is 5.41 Å². The number of hydrogen-bond acceptors (Lipinski definition) is 4. The van der Waals surface area contributed by atoms with Crippen LogP contribution >= 0.6 is 0 Å². The Morgan fingerprint density at radius 1 is 1.35 bits per heavy atom. The molecule has 4 heteroatoms. The summed E-state index contributed by atoms with van der Waals surface area (Å²) in [7, 11) is 1.93. The van der Waals surface area contributed by atoms with E-state index in [1.54, 1.807) is 0 Å². The fourth-order valence-corrected chi connectivity index (χ4v) is 2.42. The quantitative estimate of drug-likeness (QED) is 0.874. The van der Waals surface area contributed by atoms with Gasteiger partial charge in [-0.25, -0.2) is 0 Å². The van der Waals surface area contributed by atoms with E-state index in [0.717, 1.165) is 24.7 Å². The molecule has 0 aromatic carbocycles. The predicted octanol–water partition coefficient (Wildman–Crippen LogP) is 2.52. The molecule has 1 fully saturated rings. The second-order valence-electron chi connectivity index (χ2n) is 5.84. The Kier molecular flexibility index (Phi) is 3.82. The van der Waals surface area contributed by atoms with Crippen molar-refractivity contribution in [1.29, 1.82) is 0 Å². The zero-order chi connectivity index (χ0) is 12.3. The van der Waals surface area contributed by atoms with Gasteiger partial charge in [0.1, 0.15) is 0 Å². The Morgan fingerprint density at radius 2 is 2.06 bits per heavy atom. The maximum Gasteiger partial charge on any atom is 0.227 e. The molecule has 0 atom stereocenters. The molecular formula is C13H23N3O. The molecule has 1 saturated carbocycles. The zero-order valence-corrected chi connectivity index (χ0v) is 11.1. The van der Waals surface area contributed by atoms with Crippen LogP contribution in [0.3, 0.4) is 0 Å². The number of aromatic nitrogens is 2. The molecule has 2 rings (SSSR count). The van der Waals surface area contributed by atoms with Crippen LogP contribution in [0.25, 0.3) is 0 Å². The number of likely N-dealkylation sites (N-methyl/N-ethyl adjacent to an activating group) is 1. The maximum absolute atomic E-state index is 5.27. The smallest absolute Gasteiger partial charge is 0.227 e. The van der Waals surface area contributed by atoms with Gasteiger partial charge in [0.2, 0.25) is 5.89 Å². The van der Waals surface area contributed by atoms with Gasteiger partial charge in [0.05, 0.1) is 0 Å². The molecule has 1 aromatic rings. The Hall–Kier alpha value is -0.900. The Morgan fingerprint density at radius 3 is 2.71 bits per heavy atom. The summed E-state index contributed by atoms with van der Waals surface area (Å²) in [5, 5.41) is 7.21. The normalized spacial score (nSPS) is 20.6. The molecular weight excluding hydrogens is 214 g/mol. The molecule has 0 unspecified atom stereocenters. The van der Waals surface area contributed by atoms with E-state index in [1.807, 2.05) is 7.05 Å². The summed E-state index contributed by atoms with van der Waals surface area (Å²) in [4.78, 5) is 4.50. The Labute approximate surface area is 103 Å². The van der Waals surface area contributed by atoms with Crippen LogP contribution < -0.4 is 5.32 Å². The van der Waals surface area contributed by atoms with Crippen LogP contribution in [0.2, 0.25) is 0 Å². The van der Waals surface area contributed by atoms with Crippen molar-refractivity contribution in [3.05, 3.63) is 11.7 Å². The third-order valence-corrected chi connectivity index (χ3v) is 3.78. The van der Waals surface area contributed by atoms with Crippen molar-refractivity contribution >= 4 is 0 Å². The largest absolute Gasteiger partial charge is 0.339 e. The van der Waals surface area contributed by atoms with E-state index >= 15 is 0 Å². The van der Waals surface area contributed by atoms with Gasteiger partial charge in [-0.2, -0.15) is 4.98 Å². The molecule has 0 bridgehead atoms. The fraction of sp³-hybridized carbons (Fsp3) is 0.846. The van der Waals surface area contributed by atoms with E-state index in [-0.39, 0.29) is 0 Å². The van der Waals surface area contributed by atoms with Crippen molar-refractivity contribution in [2.75, 3.05) is 13.6 Å². The molecule has 1 heterocycles. The molecule has 4 nitrogen and oxygen atoms in total. The van der Waals surface area contributed by atoms with Gasteiger partial charge in [-0.1, -0.05) is 19.0 Å². The summed E-state index contributed by atoms with van der Waals surface area (Å²) in [6.07, 6.45) is 5.73. The standard InChI is InChI=1S/C13H23N3O/c1-13(2)7-4-10(5-8-13)12-15-11(17-16-12)6-9-14-3/h10,14H,4-9H2,1-3H3. The van der Waals surface area contributed by atoms with Gasteiger partial charge in [-0.15, -0.1) is 0 Å². The molecule has 17 heavy (non-hydrogen) atoms. The lowest BCUT2D eigenvalue weighted by Crippen LogP contribution is -2.20. The molecule has 0 amide bonds. The zero-order valence-electron chi connectivity index (χ0n) is 11.1. The van der Waals surface area contributed by atoms with Crippen LogP contribution in [0.5, 0.6) is 0 Å². The van der Waals surface area contributed by atoms with Crippen molar-refractivity contribution in [3.63, 3.8) is 0 Å². The third-order valence-electron chi connectivity index (χ3n) is 3.78. The first-order valence-corrected chi connectivity index (χ1v) is 6.58. The summed E-state index contributed by atoms with van der Waals surface area (Å²) in [6, 6.07) is 0. The number of hydrogen-bond donors (Lipinski definition) is 1. The predicted molar refractivity (Wildman–Crippen MR) is 66.9 cm³/mol. The second kappa shape index (κ2) is 5.17. The SMILES string of the molecule is CNCCc1nc(C2CCC(C)(C)CC2)no1. The van der Waals surface area contributed by atoms with Gasteiger partial charge in [0, 0.05) is 18.9 Å². The van der Waals surface area contributed by atoms with Gasteiger partial charge in [-0.3, -0.25) is 0 Å². The number of nitrogens with zero attached hydrogens (tertiary/aromatic N) is 2. The highest BCUT2D eigenvalue weighted by atomic mass is 16.5. The summed E-state index contributed by atoms with van der Waals surface area (Å²) < 4.78 is 5.27. The highest BCUT2D eigenvalue weighted by molar-refractivity contribution is 4.99. The molecule has 1 N–H and O–H groups in total. The average Bonchev–Trinajstić information content (AvgIpc) is 2.75. The van der Waals surface area contributed by atoms with E-state index in [9.17, 15) is 0 Å². The van der Waals surface area contributed by atoms with Crippen molar-refractivity contribution in [1.82, 2.24) is 15.5 Å². The molecule has 1 aliphatic rings. The molecule has 0 aliphatic heterocycles. The van der Waals surface area contributed by atoms with Gasteiger partial charge >= 0.3 is 0 Å². The first-order valence-electron chi connectivity index (χ1n) is 6.58. The van der Waals surface area contributed by atoms with E-state index in [0.29, 0.717) is 11.3 Å². The minimum Gasteiger partial charge on any atom is -0.339 e. The molecule has 0 saturated heterocycles. The topological polar surface area (TPSA) is 51.0 Å². The molecule has 1 aliphatic carbocycles. The van der Waals surface area contributed by atoms with E-state index in [4.69, 9.17) is 4.52 Å². The summed E-state index contributed by atoms with van der Waals surface area (Å²) in [5.41, 5.74) is 0.495. The van der Waals surface area contributed by atoms with Crippen LogP contribution in [0.1, 0.15) is 57.2 Å². The molecule has 0 spiro atoms. The van der Waals surface area contributed by atoms with E-state index < -0.39 is 0 Å². The van der Waals surface area contributed by atoms with Gasteiger partial charge < -0.3 is 9.84 Å². The Balaban J connectivity index is 1.92. The highest BCUT2D eigenvalue weighted by Gasteiger charge is 2.29. The van der Waals surface area contributed by atoms with Crippen molar-refractivity contribution in [2.45, 2.75) is 51.9 Å². The third kappa shape index (κ3) is 3.28. The first kappa shape index (κ1) is 12.6. The van der Waals surface area contributed by atoms with Crippen LogP contribution in [0.4, 0.5) is 0 Å². The van der Waals surface area contributed by atoms with Crippen LogP contribution in [0.15, 0.2) is 4.52 Å².